The summed E-state index contributed by atoms with van der Waals surface area (Å²) in [5.74, 6) is 2.00. The summed E-state index contributed by atoms with van der Waals surface area (Å²) >= 11 is 0. The summed E-state index contributed by atoms with van der Waals surface area (Å²) in [4.78, 5) is 84.6. The molecule has 598 valence electrons. The molecule has 1 amide bonds. The number of amides is 1. The molecule has 1 aliphatic heterocycles. The molecule has 0 saturated carbocycles. The fourth-order valence-electron chi connectivity index (χ4n) is 2.99. The minimum absolute atomic E-state index is 0. The van der Waals surface area contributed by atoms with E-state index < -0.39 is 0 Å². The summed E-state index contributed by atoms with van der Waals surface area (Å²) in [6, 6.07) is 20.9. The third-order valence-electron chi connectivity index (χ3n) is 7.14. The van der Waals surface area contributed by atoms with Crippen LogP contribution in [0.15, 0.2) is 60.7 Å². The SMILES string of the molecule is C=O.C=O.C=O.C=O.C=O.C=O.C=O.C=O.C=O.CC.CC.CC.CC.CC.CC.CC.CC.CC(=O)N1CCCCC1.CC(C)O.CCC(C)C.CCC(C)C.CCCC.CCCCC.CCc1ccccc1.CCc1ccccc1.CN.CN.CN.N.N.N.N.N.N.[HH].[HH]. The van der Waals surface area contributed by atoms with E-state index in [0.29, 0.717) is 0 Å². The molecule has 1 saturated heterocycles. The summed E-state index contributed by atoms with van der Waals surface area (Å²) < 4.78 is 0. The van der Waals surface area contributed by atoms with E-state index >= 15 is 0 Å². The van der Waals surface area contributed by atoms with E-state index in [1.54, 1.807) is 20.8 Å². The van der Waals surface area contributed by atoms with Crippen molar-refractivity contribution in [3.05, 3.63) is 71.8 Å². The van der Waals surface area contributed by atoms with Crippen LogP contribution in [0.2, 0.25) is 0 Å². The first-order chi connectivity index (χ1) is 42.8. The van der Waals surface area contributed by atoms with Crippen molar-refractivity contribution in [3.63, 3.8) is 0 Å². The number of aryl methyl sites for hydroxylation is 2. The van der Waals surface area contributed by atoms with Crippen LogP contribution in [0.25, 0.3) is 0 Å². The van der Waals surface area contributed by atoms with Crippen LogP contribution >= 0.6 is 0 Å². The van der Waals surface area contributed by atoms with Crippen molar-refractivity contribution in [1.82, 2.24) is 41.8 Å². The van der Waals surface area contributed by atoms with Gasteiger partial charge in [0.05, 0.1) is 0 Å². The highest BCUT2D eigenvalue weighted by Crippen LogP contribution is 2.07. The molecule has 1 fully saturated rings. The maximum Gasteiger partial charge on any atom is 0.219 e. The lowest BCUT2D eigenvalue weighted by Gasteiger charge is -2.24. The monoisotopic (exact) mass is 1380 g/mol. The Bertz CT molecular complexity index is 939. The number of aliphatic hydroxyl groups is 1. The number of nitrogens with zero attached hydrogens (tertiary/aromatic N) is 1. The van der Waals surface area contributed by atoms with Crippen molar-refractivity contribution in [3.8, 4) is 0 Å². The Morgan fingerprint density at radius 3 is 0.585 bits per heavy atom. The Hall–Kier alpha value is -5.46. The van der Waals surface area contributed by atoms with Gasteiger partial charge in [0.1, 0.15) is 61.1 Å². The van der Waals surface area contributed by atoms with Crippen LogP contribution in [0.5, 0.6) is 0 Å². The summed E-state index contributed by atoms with van der Waals surface area (Å²) in [5.41, 5.74) is 16.3. The molecule has 21 heteroatoms. The van der Waals surface area contributed by atoms with Crippen molar-refractivity contribution in [2.75, 3.05) is 34.2 Å². The van der Waals surface area contributed by atoms with Gasteiger partial charge in [-0.25, -0.2) is 0 Å². The van der Waals surface area contributed by atoms with Gasteiger partial charge < -0.3 is 107 Å². The van der Waals surface area contributed by atoms with Gasteiger partial charge in [0.25, 0.3) is 0 Å². The number of carbonyl (C=O) groups excluding carboxylic acids is 10. The van der Waals surface area contributed by atoms with E-state index in [0.717, 1.165) is 37.8 Å². The zero-order valence-electron chi connectivity index (χ0n) is 70.2. The molecule has 2 aromatic carbocycles. The van der Waals surface area contributed by atoms with Crippen LogP contribution in [-0.4, -0.2) is 117 Å². The zero-order chi connectivity index (χ0) is 78.0. The van der Waals surface area contributed by atoms with Crippen LogP contribution in [0.3, 0.4) is 0 Å². The molecule has 3 rings (SSSR count). The average molecular weight is 1380 g/mol. The van der Waals surface area contributed by atoms with Gasteiger partial charge in [-0.3, -0.25) is 4.79 Å². The predicted molar refractivity (Wildman–Crippen MR) is 441 cm³/mol. The molecule has 2 aromatic rings. The minimum atomic E-state index is -0.167. The first-order valence-corrected chi connectivity index (χ1v) is 32.1. The highest BCUT2D eigenvalue weighted by atomic mass is 16.3. The Morgan fingerprint density at radius 1 is 0.372 bits per heavy atom. The van der Waals surface area contributed by atoms with E-state index in [-0.39, 0.29) is 51.8 Å². The van der Waals surface area contributed by atoms with Crippen molar-refractivity contribution >= 4 is 67.0 Å². The molecule has 0 atom stereocenters. The lowest BCUT2D eigenvalue weighted by molar-refractivity contribution is -0.129. The van der Waals surface area contributed by atoms with E-state index in [2.05, 4.69) is 149 Å². The third-order valence-corrected chi connectivity index (χ3v) is 7.14. The number of unbranched alkanes of at least 4 members (excludes halogenated alkanes) is 3. The van der Waals surface area contributed by atoms with Crippen molar-refractivity contribution in [2.24, 2.45) is 29.0 Å². The summed E-state index contributed by atoms with van der Waals surface area (Å²) in [6.07, 6.45) is 15.1. The molecule has 21 nitrogen and oxygen atoms in total. The Labute approximate surface area is 595 Å². The number of nitrogens with two attached hydrogens (primary N) is 3. The lowest BCUT2D eigenvalue weighted by Crippen LogP contribution is -2.33. The molecular weight excluding hydrogens is 1190 g/mol. The van der Waals surface area contributed by atoms with Crippen LogP contribution < -0.4 is 54.1 Å². The molecule has 1 aliphatic rings. The molecular formula is C73H190N10O11. The number of hydrogen-bond acceptors (Lipinski definition) is 20. The first-order valence-electron chi connectivity index (χ1n) is 32.1. The molecule has 0 spiro atoms. The molecule has 94 heavy (non-hydrogen) atoms. The van der Waals surface area contributed by atoms with E-state index in [4.69, 9.17) is 48.3 Å². The summed E-state index contributed by atoms with van der Waals surface area (Å²) in [7, 11) is 4.50. The number of benzene rings is 2. The van der Waals surface area contributed by atoms with Crippen LogP contribution in [0.1, 0.15) is 293 Å². The van der Waals surface area contributed by atoms with Gasteiger partial charge in [-0.05, 0) is 90.1 Å². The van der Waals surface area contributed by atoms with Gasteiger partial charge in [0.15, 0.2) is 0 Å². The minimum Gasteiger partial charge on any atom is -0.394 e. The number of likely N-dealkylation sites (tertiary alicyclic amines) is 1. The van der Waals surface area contributed by atoms with Crippen molar-refractivity contribution in [1.29, 1.82) is 0 Å². The molecule has 0 unspecified atom stereocenters. The quantitative estimate of drug-likeness (QED) is 0.123. The van der Waals surface area contributed by atoms with Crippen LogP contribution in [0.4, 0.5) is 0 Å². The van der Waals surface area contributed by atoms with E-state index in [1.165, 1.54) is 96.5 Å². The van der Waals surface area contributed by atoms with Gasteiger partial charge in [-0.1, -0.05) is 299 Å². The molecule has 0 aromatic heterocycles. The maximum atomic E-state index is 10.7. The second kappa shape index (κ2) is 419. The second-order valence-corrected chi connectivity index (χ2v) is 13.3. The molecule has 0 radical (unpaired) electrons. The fourth-order valence-corrected chi connectivity index (χ4v) is 2.99. The number of piperidine rings is 1. The predicted octanol–water partition coefficient (Wildman–Crippen LogP) is 20.7. The third kappa shape index (κ3) is 563. The van der Waals surface area contributed by atoms with Gasteiger partial charge >= 0.3 is 0 Å². The Morgan fingerprint density at radius 2 is 0.521 bits per heavy atom. The standard InChI is InChI=1S/2C8H10.C7H13NO.3C5H12.C4H10.C3H8O.8C2H6.3CH5N.9CH2O.6H3N.2H2/c2*1-2-8-6-4-3-5-7-8;1-7(9)8-5-3-2-4-6-8;2*1-4-5(2)3;1-3-5-4-2;1-3-4-2;1-3(2)4;20*1-2;;;;;;;;/h2*3-7H,2H2,1H3;2-6H2,1H3;2*5H,4H2,1-3H3;3-5H2,1-2H3;3-4H2,1-2H3;3-4H,1-2H3;8*1-2H3;3*2H2,1H3;9*1H2;6*1H3;2*1H. The van der Waals surface area contributed by atoms with E-state index in [1.807, 2.05) is 189 Å². The van der Waals surface area contributed by atoms with Gasteiger partial charge in [-0.15, -0.1) is 0 Å². The molecule has 0 aliphatic carbocycles. The van der Waals surface area contributed by atoms with Gasteiger partial charge in [-0.2, -0.15) is 0 Å². The number of aliphatic hydroxyl groups excluding tert-OH is 1. The Balaban J connectivity index is -0.0000000141. The smallest absolute Gasteiger partial charge is 0.219 e. The first kappa shape index (κ1) is 205. The van der Waals surface area contributed by atoms with Crippen molar-refractivity contribution < 1.29 is 55.9 Å². The normalized spacial score (nSPS) is 6.71. The van der Waals surface area contributed by atoms with Crippen LogP contribution in [0, 0.1) is 11.8 Å². The highest BCUT2D eigenvalue weighted by molar-refractivity contribution is 5.73. The number of carbonyl (C=O) groups is 10. The Kier molecular flexibility index (Phi) is 914. The zero-order valence-corrected chi connectivity index (χ0v) is 70.2. The topological polar surface area (TPSA) is 482 Å². The molecule has 1 heterocycles. The maximum absolute atomic E-state index is 10.7. The lowest BCUT2D eigenvalue weighted by atomic mass is 10.1. The van der Waals surface area contributed by atoms with Crippen LogP contribution in [-0.2, 0) is 60.8 Å². The highest BCUT2D eigenvalue weighted by Gasteiger charge is 2.11. The van der Waals surface area contributed by atoms with Gasteiger partial charge in [0, 0.05) is 29.0 Å². The molecule has 25 N–H and O–H groups in total. The summed E-state index contributed by atoms with van der Waals surface area (Å²) in [5, 5.41) is 8.06. The van der Waals surface area contributed by atoms with Gasteiger partial charge in [0.2, 0.25) is 5.91 Å². The number of rotatable bonds is 7. The second-order valence-electron chi connectivity index (χ2n) is 13.3. The average Bonchev–Trinajstić information content (AvgIpc) is 3.66. The largest absolute Gasteiger partial charge is 0.394 e. The number of hydrogen-bond donors (Lipinski definition) is 10. The van der Waals surface area contributed by atoms with E-state index in [9.17, 15) is 4.79 Å². The molecule has 0 bridgehead atoms. The summed E-state index contributed by atoms with van der Waals surface area (Å²) in [6.45, 7) is 83.4. The fraction of sp³-hybridized carbons (Fsp3) is 0.699. The van der Waals surface area contributed by atoms with Crippen molar-refractivity contribution in [2.45, 2.75) is 298 Å².